The van der Waals surface area contributed by atoms with E-state index < -0.39 is 0 Å². The van der Waals surface area contributed by atoms with Crippen LogP contribution in [0.5, 0.6) is 0 Å². The molecule has 108 valence electrons. The van der Waals surface area contributed by atoms with Gasteiger partial charge in [0.25, 0.3) is 0 Å². The molecule has 0 N–H and O–H groups in total. The van der Waals surface area contributed by atoms with Crippen molar-refractivity contribution in [2.75, 3.05) is 33.8 Å². The van der Waals surface area contributed by atoms with E-state index in [1.807, 2.05) is 7.05 Å². The zero-order chi connectivity index (χ0) is 14.1. The first-order valence-corrected chi connectivity index (χ1v) is 7.35. The molecule has 3 heteroatoms. The molecule has 0 spiro atoms. The Kier molecular flexibility index (Phi) is 7.49. The van der Waals surface area contributed by atoms with Gasteiger partial charge in [0.05, 0.1) is 6.61 Å². The molecular formula is C16H28N2O. The van der Waals surface area contributed by atoms with Gasteiger partial charge in [0.15, 0.2) is 0 Å². The summed E-state index contributed by atoms with van der Waals surface area (Å²) in [6.45, 7) is 9.05. The van der Waals surface area contributed by atoms with Crippen LogP contribution in [0.15, 0.2) is 29.0 Å². The maximum absolute atomic E-state index is 5.75. The zero-order valence-corrected chi connectivity index (χ0v) is 12.7. The van der Waals surface area contributed by atoms with Crippen LogP contribution in [0.4, 0.5) is 0 Å². The molecule has 0 aliphatic carbocycles. The van der Waals surface area contributed by atoms with Crippen molar-refractivity contribution in [1.29, 1.82) is 0 Å². The molecule has 0 unspecified atom stereocenters. The van der Waals surface area contributed by atoms with Gasteiger partial charge in [-0.1, -0.05) is 38.8 Å². The molecule has 0 saturated heterocycles. The van der Waals surface area contributed by atoms with E-state index in [2.05, 4.69) is 36.5 Å². The van der Waals surface area contributed by atoms with Gasteiger partial charge in [0.1, 0.15) is 11.5 Å². The van der Waals surface area contributed by atoms with Gasteiger partial charge in [-0.2, -0.15) is 0 Å². The molecule has 0 radical (unpaired) electrons. The van der Waals surface area contributed by atoms with Crippen molar-refractivity contribution in [2.24, 2.45) is 4.99 Å². The highest BCUT2D eigenvalue weighted by Crippen LogP contribution is 2.15. The summed E-state index contributed by atoms with van der Waals surface area (Å²) >= 11 is 0. The summed E-state index contributed by atoms with van der Waals surface area (Å²) in [6, 6.07) is 0. The van der Waals surface area contributed by atoms with Crippen LogP contribution in [0.2, 0.25) is 0 Å². The smallest absolute Gasteiger partial charge is 0.137 e. The van der Waals surface area contributed by atoms with Crippen LogP contribution >= 0.6 is 0 Å². The maximum Gasteiger partial charge on any atom is 0.137 e. The maximum atomic E-state index is 5.75. The van der Waals surface area contributed by atoms with Gasteiger partial charge in [-0.25, -0.2) is 0 Å². The number of hydrogen-bond acceptors (Lipinski definition) is 3. The number of rotatable bonds is 8. The van der Waals surface area contributed by atoms with Crippen LogP contribution in [0.1, 0.15) is 39.0 Å². The van der Waals surface area contributed by atoms with Gasteiger partial charge < -0.3 is 9.64 Å². The molecule has 1 heterocycles. The molecule has 1 aliphatic rings. The topological polar surface area (TPSA) is 24.8 Å². The van der Waals surface area contributed by atoms with Gasteiger partial charge in [-0.05, 0) is 25.5 Å². The standard InChI is InChI=1S/C16H28N2O/c1-5-6-7-8-12-19-14(2)16(17-3)15-10-9-11-18(4)13-15/h10H,2,5-9,11-13H2,1,3-4H3. The molecule has 1 rings (SSSR count). The minimum absolute atomic E-state index is 0.723. The fraction of sp³-hybridized carbons (Fsp3) is 0.688. The number of allylic oxidation sites excluding steroid dienone is 1. The van der Waals surface area contributed by atoms with Crippen LogP contribution in [0.3, 0.4) is 0 Å². The first kappa shape index (κ1) is 16.0. The number of ether oxygens (including phenoxy) is 1. The summed E-state index contributed by atoms with van der Waals surface area (Å²) in [5.74, 6) is 0.723. The summed E-state index contributed by atoms with van der Waals surface area (Å²) in [6.07, 6.45) is 8.20. The number of unbranched alkanes of at least 4 members (excludes halogenated alkanes) is 3. The van der Waals surface area contributed by atoms with Crippen molar-refractivity contribution < 1.29 is 4.74 Å². The van der Waals surface area contributed by atoms with Crippen LogP contribution in [-0.4, -0.2) is 44.4 Å². The fourth-order valence-electron chi connectivity index (χ4n) is 2.31. The lowest BCUT2D eigenvalue weighted by molar-refractivity contribution is 0.224. The van der Waals surface area contributed by atoms with Crippen molar-refractivity contribution in [3.63, 3.8) is 0 Å². The van der Waals surface area contributed by atoms with Gasteiger partial charge >= 0.3 is 0 Å². The van der Waals surface area contributed by atoms with Crippen molar-refractivity contribution in [2.45, 2.75) is 39.0 Å². The quantitative estimate of drug-likeness (QED) is 0.381. The molecule has 0 amide bonds. The monoisotopic (exact) mass is 264 g/mol. The molecular weight excluding hydrogens is 236 g/mol. The number of nitrogens with zero attached hydrogens (tertiary/aromatic N) is 2. The van der Waals surface area contributed by atoms with Gasteiger partial charge in [-0.3, -0.25) is 4.99 Å². The average Bonchev–Trinajstić information content (AvgIpc) is 2.39. The average molecular weight is 264 g/mol. The van der Waals surface area contributed by atoms with Gasteiger partial charge in [0, 0.05) is 20.1 Å². The minimum atomic E-state index is 0.723. The Morgan fingerprint density at radius 2 is 2.21 bits per heavy atom. The zero-order valence-electron chi connectivity index (χ0n) is 12.7. The number of aliphatic imine (C=N–C) groups is 1. The van der Waals surface area contributed by atoms with Gasteiger partial charge in [0.2, 0.25) is 0 Å². The fourth-order valence-corrected chi connectivity index (χ4v) is 2.31. The molecule has 0 fully saturated rings. The molecule has 0 aromatic rings. The Hall–Kier alpha value is -1.09. The first-order valence-electron chi connectivity index (χ1n) is 7.35. The van der Waals surface area contributed by atoms with Crippen molar-refractivity contribution in [3.05, 3.63) is 24.0 Å². The first-order chi connectivity index (χ1) is 9.19. The molecule has 3 nitrogen and oxygen atoms in total. The number of likely N-dealkylation sites (N-methyl/N-ethyl adjacent to an activating group) is 1. The minimum Gasteiger partial charge on any atom is -0.492 e. The molecule has 0 bridgehead atoms. The van der Waals surface area contributed by atoms with Gasteiger partial charge in [-0.15, -0.1) is 0 Å². The molecule has 19 heavy (non-hydrogen) atoms. The van der Waals surface area contributed by atoms with E-state index in [0.29, 0.717) is 0 Å². The van der Waals surface area contributed by atoms with E-state index in [1.54, 1.807) is 0 Å². The summed E-state index contributed by atoms with van der Waals surface area (Å²) in [5.41, 5.74) is 2.18. The Morgan fingerprint density at radius 1 is 1.42 bits per heavy atom. The normalized spacial score (nSPS) is 17.2. The highest BCUT2D eigenvalue weighted by molar-refractivity contribution is 6.11. The Balaban J connectivity index is 2.42. The second kappa shape index (κ2) is 8.92. The lowest BCUT2D eigenvalue weighted by Gasteiger charge is -2.24. The van der Waals surface area contributed by atoms with E-state index in [9.17, 15) is 0 Å². The van der Waals surface area contributed by atoms with Crippen molar-refractivity contribution in [3.8, 4) is 0 Å². The van der Waals surface area contributed by atoms with Crippen LogP contribution in [0, 0.1) is 0 Å². The Morgan fingerprint density at radius 3 is 2.84 bits per heavy atom. The van der Waals surface area contributed by atoms with Crippen LogP contribution in [-0.2, 0) is 4.74 Å². The molecule has 0 aromatic carbocycles. The van der Waals surface area contributed by atoms with E-state index >= 15 is 0 Å². The van der Waals surface area contributed by atoms with E-state index in [4.69, 9.17) is 4.74 Å². The summed E-state index contributed by atoms with van der Waals surface area (Å²) in [5, 5.41) is 0. The molecule has 0 atom stereocenters. The van der Waals surface area contributed by atoms with E-state index in [0.717, 1.165) is 44.0 Å². The molecule has 1 aliphatic heterocycles. The summed E-state index contributed by atoms with van der Waals surface area (Å²) in [4.78, 5) is 6.66. The lowest BCUT2D eigenvalue weighted by Crippen LogP contribution is -2.29. The third-order valence-electron chi connectivity index (χ3n) is 3.41. The van der Waals surface area contributed by atoms with Crippen LogP contribution < -0.4 is 0 Å². The highest BCUT2D eigenvalue weighted by Gasteiger charge is 2.16. The Bertz CT molecular complexity index is 345. The van der Waals surface area contributed by atoms with E-state index in [-0.39, 0.29) is 0 Å². The van der Waals surface area contributed by atoms with Crippen LogP contribution in [0.25, 0.3) is 0 Å². The predicted molar refractivity (Wildman–Crippen MR) is 82.8 cm³/mol. The third-order valence-corrected chi connectivity index (χ3v) is 3.41. The summed E-state index contributed by atoms with van der Waals surface area (Å²) in [7, 11) is 3.95. The highest BCUT2D eigenvalue weighted by atomic mass is 16.5. The van der Waals surface area contributed by atoms with Crippen molar-refractivity contribution >= 4 is 5.71 Å². The lowest BCUT2D eigenvalue weighted by atomic mass is 10.0. The van der Waals surface area contributed by atoms with Crippen molar-refractivity contribution in [1.82, 2.24) is 4.90 Å². The second-order valence-electron chi connectivity index (χ2n) is 5.16. The SMILES string of the molecule is C=C(OCCCCCC)C(=NC)C1=CCCN(C)C1. The third kappa shape index (κ3) is 5.60. The second-order valence-corrected chi connectivity index (χ2v) is 5.16. The number of hydrogen-bond donors (Lipinski definition) is 0. The summed E-state index contributed by atoms with van der Waals surface area (Å²) < 4.78 is 5.75. The Labute approximate surface area is 118 Å². The van der Waals surface area contributed by atoms with E-state index in [1.165, 1.54) is 24.8 Å². The molecule has 0 saturated carbocycles. The molecule has 0 aromatic heterocycles. The largest absolute Gasteiger partial charge is 0.492 e. The predicted octanol–water partition coefficient (Wildman–Crippen LogP) is 3.43.